The fourth-order valence-electron chi connectivity index (χ4n) is 1.72. The Balaban J connectivity index is 4.66. The topological polar surface area (TPSA) is 101 Å². The molecule has 0 aliphatic carbocycles. The van der Waals surface area contributed by atoms with Crippen LogP contribution in [0.1, 0.15) is 47.5 Å². The summed E-state index contributed by atoms with van der Waals surface area (Å²) in [5.74, 6) is -3.43. The number of hydrogen-bond acceptors (Lipinski definition) is 5. The maximum atomic E-state index is 11.8. The summed E-state index contributed by atoms with van der Waals surface area (Å²) in [6.07, 6.45) is -1.06. The average molecular weight is 288 g/mol. The number of carbonyl (C=O) groups is 3. The van der Waals surface area contributed by atoms with E-state index in [0.29, 0.717) is 0 Å². The van der Waals surface area contributed by atoms with Crippen molar-refractivity contribution in [2.24, 2.45) is 11.8 Å². The lowest BCUT2D eigenvalue weighted by molar-refractivity contribution is -0.169. The normalized spacial score (nSPS) is 15.8. The van der Waals surface area contributed by atoms with Crippen molar-refractivity contribution in [3.05, 3.63) is 0 Å². The van der Waals surface area contributed by atoms with Crippen LogP contribution in [-0.2, 0) is 19.1 Å². The molecule has 0 radical (unpaired) electrons. The number of Topliss-reactive ketones (excluding diaryl/α,β-unsaturated/α-hetero) is 1. The van der Waals surface area contributed by atoms with Crippen LogP contribution in [0.25, 0.3) is 0 Å². The molecule has 0 heterocycles. The van der Waals surface area contributed by atoms with E-state index in [1.54, 1.807) is 27.7 Å². The highest BCUT2D eigenvalue weighted by Crippen LogP contribution is 2.21. The molecule has 6 nitrogen and oxygen atoms in total. The van der Waals surface area contributed by atoms with E-state index in [-0.39, 0.29) is 12.3 Å². The summed E-state index contributed by atoms with van der Waals surface area (Å²) in [6.45, 7) is 7.87. The molecule has 2 atom stereocenters. The van der Waals surface area contributed by atoms with Crippen molar-refractivity contribution in [3.63, 3.8) is 0 Å². The van der Waals surface area contributed by atoms with Crippen LogP contribution >= 0.6 is 0 Å². The predicted octanol–water partition coefficient (Wildman–Crippen LogP) is 1.40. The maximum Gasteiger partial charge on any atom is 0.338 e. The second-order valence-corrected chi connectivity index (χ2v) is 5.84. The molecule has 0 saturated carbocycles. The van der Waals surface area contributed by atoms with Gasteiger partial charge in [0.2, 0.25) is 0 Å². The van der Waals surface area contributed by atoms with Gasteiger partial charge < -0.3 is 14.9 Å². The zero-order chi connectivity index (χ0) is 16.1. The first-order valence-corrected chi connectivity index (χ1v) is 6.65. The Kier molecular flexibility index (Phi) is 6.85. The number of carbonyl (C=O) groups excluding carboxylic acids is 2. The van der Waals surface area contributed by atoms with E-state index in [0.717, 1.165) is 0 Å². The van der Waals surface area contributed by atoms with Crippen molar-refractivity contribution in [1.29, 1.82) is 0 Å². The van der Waals surface area contributed by atoms with Crippen LogP contribution in [0.5, 0.6) is 0 Å². The Labute approximate surface area is 119 Å². The van der Waals surface area contributed by atoms with Crippen LogP contribution < -0.4 is 0 Å². The highest BCUT2D eigenvalue weighted by atomic mass is 16.6. The van der Waals surface area contributed by atoms with Crippen LogP contribution in [0, 0.1) is 11.8 Å². The van der Waals surface area contributed by atoms with Crippen LogP contribution in [0.15, 0.2) is 0 Å². The van der Waals surface area contributed by atoms with Crippen molar-refractivity contribution in [3.8, 4) is 0 Å². The summed E-state index contributed by atoms with van der Waals surface area (Å²) >= 11 is 0. The van der Waals surface area contributed by atoms with E-state index >= 15 is 0 Å². The fourth-order valence-corrected chi connectivity index (χ4v) is 1.72. The Morgan fingerprint density at radius 3 is 2.00 bits per heavy atom. The lowest BCUT2D eigenvalue weighted by Gasteiger charge is -2.23. The molecule has 0 bridgehead atoms. The van der Waals surface area contributed by atoms with Gasteiger partial charge >= 0.3 is 11.9 Å². The minimum atomic E-state index is -1.93. The molecule has 116 valence electrons. The average Bonchev–Trinajstić information content (AvgIpc) is 2.23. The van der Waals surface area contributed by atoms with Crippen molar-refractivity contribution < 1.29 is 29.3 Å². The molecule has 0 amide bonds. The fraction of sp³-hybridized carbons (Fsp3) is 0.786. The smallest absolute Gasteiger partial charge is 0.338 e. The minimum absolute atomic E-state index is 0.205. The van der Waals surface area contributed by atoms with Gasteiger partial charge in [-0.3, -0.25) is 9.59 Å². The van der Waals surface area contributed by atoms with Gasteiger partial charge in [0.15, 0.2) is 5.60 Å². The molecule has 0 aromatic carbocycles. The van der Waals surface area contributed by atoms with Crippen molar-refractivity contribution in [2.75, 3.05) is 0 Å². The maximum absolute atomic E-state index is 11.8. The largest absolute Gasteiger partial charge is 0.481 e. The first-order valence-electron chi connectivity index (χ1n) is 6.65. The van der Waals surface area contributed by atoms with Gasteiger partial charge in [-0.1, -0.05) is 13.8 Å². The second-order valence-electron chi connectivity index (χ2n) is 5.84. The summed E-state index contributed by atoms with van der Waals surface area (Å²) < 4.78 is 4.86. The SMILES string of the molecule is CC(C)OC(=O)C(C)(O)CC(=O)CC(C(=O)O)C(C)C. The number of aliphatic carboxylic acids is 1. The third kappa shape index (κ3) is 6.14. The third-order valence-corrected chi connectivity index (χ3v) is 2.89. The summed E-state index contributed by atoms with van der Waals surface area (Å²) in [5.41, 5.74) is -1.93. The van der Waals surface area contributed by atoms with E-state index < -0.39 is 41.8 Å². The molecular weight excluding hydrogens is 264 g/mol. The van der Waals surface area contributed by atoms with Gasteiger partial charge in [-0.15, -0.1) is 0 Å². The third-order valence-electron chi connectivity index (χ3n) is 2.89. The monoisotopic (exact) mass is 288 g/mol. The van der Waals surface area contributed by atoms with Crippen LogP contribution in [0.2, 0.25) is 0 Å². The number of esters is 1. The van der Waals surface area contributed by atoms with E-state index in [1.165, 1.54) is 6.92 Å². The highest BCUT2D eigenvalue weighted by Gasteiger charge is 2.36. The van der Waals surface area contributed by atoms with Gasteiger partial charge in [0, 0.05) is 12.8 Å². The molecule has 2 unspecified atom stereocenters. The number of rotatable bonds is 8. The minimum Gasteiger partial charge on any atom is -0.481 e. The quantitative estimate of drug-likeness (QED) is 0.655. The molecule has 0 fully saturated rings. The van der Waals surface area contributed by atoms with Crippen molar-refractivity contribution >= 4 is 17.7 Å². The van der Waals surface area contributed by atoms with Crippen molar-refractivity contribution in [1.82, 2.24) is 0 Å². The zero-order valence-corrected chi connectivity index (χ0v) is 12.7. The first kappa shape index (κ1) is 18.6. The number of carboxylic acid groups (broad SMARTS) is 1. The van der Waals surface area contributed by atoms with Crippen molar-refractivity contribution in [2.45, 2.75) is 59.2 Å². The molecule has 2 N–H and O–H groups in total. The number of hydrogen-bond donors (Lipinski definition) is 2. The molecule has 0 aromatic heterocycles. The van der Waals surface area contributed by atoms with Crippen LogP contribution in [-0.4, -0.2) is 39.6 Å². The summed E-state index contributed by atoms with van der Waals surface area (Å²) in [7, 11) is 0. The summed E-state index contributed by atoms with van der Waals surface area (Å²) in [4.78, 5) is 34.5. The van der Waals surface area contributed by atoms with Gasteiger partial charge in [-0.2, -0.15) is 0 Å². The summed E-state index contributed by atoms with van der Waals surface area (Å²) in [6, 6.07) is 0. The molecule has 0 rings (SSSR count). The molecule has 0 aliphatic rings. The first-order chi connectivity index (χ1) is 8.97. The predicted molar refractivity (Wildman–Crippen MR) is 72.1 cm³/mol. The van der Waals surface area contributed by atoms with Gasteiger partial charge in [0.1, 0.15) is 5.78 Å². The van der Waals surface area contributed by atoms with Gasteiger partial charge in [-0.05, 0) is 26.7 Å². The number of ketones is 1. The van der Waals surface area contributed by atoms with Gasteiger partial charge in [0.25, 0.3) is 0 Å². The molecular formula is C14H24O6. The Hall–Kier alpha value is -1.43. The Bertz CT molecular complexity index is 370. The summed E-state index contributed by atoms with van der Waals surface area (Å²) in [5, 5.41) is 19.0. The van der Waals surface area contributed by atoms with E-state index in [9.17, 15) is 19.5 Å². The molecule has 0 spiro atoms. The van der Waals surface area contributed by atoms with Gasteiger partial charge in [0.05, 0.1) is 12.0 Å². The molecule has 20 heavy (non-hydrogen) atoms. The molecule has 0 saturated heterocycles. The lowest BCUT2D eigenvalue weighted by atomic mass is 9.87. The highest BCUT2D eigenvalue weighted by molar-refractivity contribution is 5.90. The zero-order valence-electron chi connectivity index (χ0n) is 12.7. The standard InChI is InChI=1S/C14H24O6/c1-8(2)11(12(16)17)6-10(15)7-14(5,19)13(18)20-9(3)4/h8-9,11,19H,6-7H2,1-5H3,(H,16,17). The number of ether oxygens (including phenoxy) is 1. The molecule has 6 heteroatoms. The lowest BCUT2D eigenvalue weighted by Crippen LogP contribution is -2.40. The second kappa shape index (κ2) is 7.38. The Morgan fingerprint density at radius 1 is 1.15 bits per heavy atom. The van der Waals surface area contributed by atoms with Crippen LogP contribution in [0.4, 0.5) is 0 Å². The number of carboxylic acids is 1. The molecule has 0 aromatic rings. The van der Waals surface area contributed by atoms with E-state index in [2.05, 4.69) is 0 Å². The van der Waals surface area contributed by atoms with E-state index in [4.69, 9.17) is 9.84 Å². The Morgan fingerprint density at radius 2 is 1.65 bits per heavy atom. The van der Waals surface area contributed by atoms with Crippen LogP contribution in [0.3, 0.4) is 0 Å². The van der Waals surface area contributed by atoms with E-state index in [1.807, 2.05) is 0 Å². The van der Waals surface area contributed by atoms with Gasteiger partial charge in [-0.25, -0.2) is 4.79 Å². The number of aliphatic hydroxyl groups is 1. The molecule has 0 aliphatic heterocycles.